The van der Waals surface area contributed by atoms with Crippen LogP contribution in [0.4, 0.5) is 5.69 Å². The smallest absolute Gasteiger partial charge is 0.259 e. The third-order valence-electron chi connectivity index (χ3n) is 3.28. The van der Waals surface area contributed by atoms with Crippen LogP contribution in [-0.4, -0.2) is 18.7 Å². The van der Waals surface area contributed by atoms with Gasteiger partial charge in [-0.05, 0) is 31.0 Å². The van der Waals surface area contributed by atoms with E-state index in [-0.39, 0.29) is 12.5 Å². The zero-order chi connectivity index (χ0) is 16.8. The molecule has 0 radical (unpaired) electrons. The maximum absolute atomic E-state index is 11.8. The van der Waals surface area contributed by atoms with Crippen molar-refractivity contribution >= 4 is 41.0 Å². The van der Waals surface area contributed by atoms with Crippen LogP contribution in [0, 0.1) is 13.8 Å². The fraction of sp³-hybridized carbons (Fsp3) is 0.176. The molecule has 0 atom stereocenters. The van der Waals surface area contributed by atoms with Crippen molar-refractivity contribution in [1.82, 2.24) is 5.43 Å². The first-order chi connectivity index (χ1) is 11.0. The van der Waals surface area contributed by atoms with Gasteiger partial charge in [-0.25, -0.2) is 5.43 Å². The second-order valence-corrected chi connectivity index (χ2v) is 5.84. The van der Waals surface area contributed by atoms with Crippen LogP contribution in [0.1, 0.15) is 16.7 Å². The standard InChI is InChI=1S/C17H17Cl2N3O/c1-11-5-3-6-12(2)17(11)20-10-15(23)22-21-9-13-7-4-8-14(18)16(13)19/h3-9,20H,10H2,1-2H3,(H,22,23)/b21-9+. The molecule has 1 amide bonds. The molecule has 2 rings (SSSR count). The third-order valence-corrected chi connectivity index (χ3v) is 4.11. The van der Waals surface area contributed by atoms with Crippen molar-refractivity contribution < 1.29 is 4.79 Å². The van der Waals surface area contributed by atoms with Crippen molar-refractivity contribution in [2.24, 2.45) is 5.10 Å². The van der Waals surface area contributed by atoms with E-state index in [4.69, 9.17) is 23.2 Å². The van der Waals surface area contributed by atoms with Crippen molar-refractivity contribution in [1.29, 1.82) is 0 Å². The number of benzene rings is 2. The molecule has 2 aromatic carbocycles. The Morgan fingerprint density at radius 2 is 1.78 bits per heavy atom. The summed E-state index contributed by atoms with van der Waals surface area (Å²) in [5.74, 6) is -0.248. The lowest BCUT2D eigenvalue weighted by Crippen LogP contribution is -2.26. The lowest BCUT2D eigenvalue weighted by atomic mass is 10.1. The van der Waals surface area contributed by atoms with Crippen LogP contribution in [0.25, 0.3) is 0 Å². The fourth-order valence-corrected chi connectivity index (χ4v) is 2.45. The third kappa shape index (κ3) is 4.71. The van der Waals surface area contributed by atoms with Crippen molar-refractivity contribution in [3.8, 4) is 0 Å². The Kier molecular flexibility index (Phi) is 6.02. The van der Waals surface area contributed by atoms with Gasteiger partial charge in [-0.3, -0.25) is 4.79 Å². The van der Waals surface area contributed by atoms with Crippen LogP contribution < -0.4 is 10.7 Å². The van der Waals surface area contributed by atoms with Crippen LogP contribution in [0.5, 0.6) is 0 Å². The summed E-state index contributed by atoms with van der Waals surface area (Å²) in [6, 6.07) is 11.2. The number of nitrogens with zero attached hydrogens (tertiary/aromatic N) is 1. The minimum atomic E-state index is -0.248. The molecule has 2 aromatic rings. The maximum Gasteiger partial charge on any atom is 0.259 e. The van der Waals surface area contributed by atoms with Gasteiger partial charge in [0.05, 0.1) is 22.8 Å². The highest BCUT2D eigenvalue weighted by atomic mass is 35.5. The summed E-state index contributed by atoms with van der Waals surface area (Å²) >= 11 is 11.9. The number of rotatable bonds is 5. The SMILES string of the molecule is Cc1cccc(C)c1NCC(=O)N/N=C/c1cccc(Cl)c1Cl. The number of halogens is 2. The largest absolute Gasteiger partial charge is 0.376 e. The number of carbonyl (C=O) groups is 1. The zero-order valence-electron chi connectivity index (χ0n) is 12.9. The second-order valence-electron chi connectivity index (χ2n) is 5.06. The predicted molar refractivity (Wildman–Crippen MR) is 96.6 cm³/mol. The first kappa shape index (κ1) is 17.3. The van der Waals surface area contributed by atoms with Gasteiger partial charge in [-0.1, -0.05) is 53.5 Å². The number of hydrogen-bond donors (Lipinski definition) is 2. The molecular formula is C17H17Cl2N3O. The van der Waals surface area contributed by atoms with E-state index in [9.17, 15) is 4.79 Å². The van der Waals surface area contributed by atoms with E-state index in [0.29, 0.717) is 15.6 Å². The van der Waals surface area contributed by atoms with Gasteiger partial charge < -0.3 is 5.32 Å². The molecule has 23 heavy (non-hydrogen) atoms. The Labute approximate surface area is 145 Å². The molecule has 0 spiro atoms. The molecule has 0 aliphatic rings. The van der Waals surface area contributed by atoms with Crippen LogP contribution in [0.2, 0.25) is 10.0 Å². The zero-order valence-corrected chi connectivity index (χ0v) is 14.4. The Morgan fingerprint density at radius 1 is 1.13 bits per heavy atom. The molecule has 2 N–H and O–H groups in total. The van der Waals surface area contributed by atoms with Gasteiger partial charge in [-0.2, -0.15) is 5.10 Å². The van der Waals surface area contributed by atoms with Crippen LogP contribution in [-0.2, 0) is 4.79 Å². The summed E-state index contributed by atoms with van der Waals surface area (Å²) in [7, 11) is 0. The number of para-hydroxylation sites is 1. The Balaban J connectivity index is 1.90. The van der Waals surface area contributed by atoms with Crippen molar-refractivity contribution in [3.63, 3.8) is 0 Å². The van der Waals surface area contributed by atoms with Gasteiger partial charge in [0.2, 0.25) is 0 Å². The summed E-state index contributed by atoms with van der Waals surface area (Å²) < 4.78 is 0. The lowest BCUT2D eigenvalue weighted by molar-refractivity contribution is -0.119. The number of amides is 1. The summed E-state index contributed by atoms with van der Waals surface area (Å²) in [5, 5.41) is 7.86. The summed E-state index contributed by atoms with van der Waals surface area (Å²) in [5.41, 5.74) is 6.24. The fourth-order valence-electron chi connectivity index (χ4n) is 2.10. The molecule has 0 heterocycles. The van der Waals surface area contributed by atoms with E-state index in [2.05, 4.69) is 15.8 Å². The highest BCUT2D eigenvalue weighted by Crippen LogP contribution is 2.24. The maximum atomic E-state index is 11.8. The summed E-state index contributed by atoms with van der Waals surface area (Å²) in [4.78, 5) is 11.8. The molecule has 120 valence electrons. The van der Waals surface area contributed by atoms with Gasteiger partial charge in [0.1, 0.15) is 0 Å². The van der Waals surface area contributed by atoms with Gasteiger partial charge in [0, 0.05) is 11.3 Å². The number of nitrogens with one attached hydrogen (secondary N) is 2. The highest BCUT2D eigenvalue weighted by molar-refractivity contribution is 6.43. The van der Waals surface area contributed by atoms with Crippen molar-refractivity contribution in [2.75, 3.05) is 11.9 Å². The van der Waals surface area contributed by atoms with E-state index in [1.54, 1.807) is 18.2 Å². The first-order valence-corrected chi connectivity index (χ1v) is 7.80. The van der Waals surface area contributed by atoms with E-state index >= 15 is 0 Å². The predicted octanol–water partition coefficient (Wildman–Crippen LogP) is 4.17. The van der Waals surface area contributed by atoms with E-state index < -0.39 is 0 Å². The van der Waals surface area contributed by atoms with E-state index in [1.807, 2.05) is 32.0 Å². The van der Waals surface area contributed by atoms with Crippen LogP contribution in [0.15, 0.2) is 41.5 Å². The molecule has 0 saturated carbocycles. The lowest BCUT2D eigenvalue weighted by Gasteiger charge is -2.11. The monoisotopic (exact) mass is 349 g/mol. The molecule has 0 unspecified atom stereocenters. The Hall–Kier alpha value is -2.04. The number of carbonyl (C=O) groups excluding carboxylic acids is 1. The Bertz CT molecular complexity index is 724. The van der Waals surface area contributed by atoms with E-state index in [1.165, 1.54) is 6.21 Å². The molecule has 0 aliphatic carbocycles. The summed E-state index contributed by atoms with van der Waals surface area (Å²) in [6.07, 6.45) is 1.46. The minimum Gasteiger partial charge on any atom is -0.376 e. The molecule has 0 aliphatic heterocycles. The summed E-state index contributed by atoms with van der Waals surface area (Å²) in [6.45, 7) is 4.12. The topological polar surface area (TPSA) is 53.5 Å². The first-order valence-electron chi connectivity index (χ1n) is 7.05. The van der Waals surface area contributed by atoms with Gasteiger partial charge in [0.25, 0.3) is 5.91 Å². The average molecular weight is 350 g/mol. The number of hydrazone groups is 1. The van der Waals surface area contributed by atoms with Gasteiger partial charge in [-0.15, -0.1) is 0 Å². The quantitative estimate of drug-likeness (QED) is 0.628. The second kappa shape index (κ2) is 7.99. The molecule has 4 nitrogen and oxygen atoms in total. The molecule has 0 bridgehead atoms. The molecule has 0 fully saturated rings. The molecule has 6 heteroatoms. The van der Waals surface area contributed by atoms with Gasteiger partial charge in [0.15, 0.2) is 0 Å². The van der Waals surface area contributed by atoms with Crippen molar-refractivity contribution in [2.45, 2.75) is 13.8 Å². The minimum absolute atomic E-state index is 0.131. The van der Waals surface area contributed by atoms with Crippen LogP contribution >= 0.6 is 23.2 Å². The van der Waals surface area contributed by atoms with Crippen molar-refractivity contribution in [3.05, 3.63) is 63.1 Å². The van der Waals surface area contributed by atoms with Crippen LogP contribution in [0.3, 0.4) is 0 Å². The molecular weight excluding hydrogens is 333 g/mol. The Morgan fingerprint density at radius 3 is 2.48 bits per heavy atom. The van der Waals surface area contributed by atoms with Gasteiger partial charge >= 0.3 is 0 Å². The number of aryl methyl sites for hydroxylation is 2. The normalized spacial score (nSPS) is 10.8. The number of hydrogen-bond acceptors (Lipinski definition) is 3. The van der Waals surface area contributed by atoms with E-state index in [0.717, 1.165) is 16.8 Å². The number of anilines is 1. The highest BCUT2D eigenvalue weighted by Gasteiger charge is 2.05. The molecule has 0 saturated heterocycles. The average Bonchev–Trinajstić information content (AvgIpc) is 2.51. The molecule has 0 aromatic heterocycles.